The van der Waals surface area contributed by atoms with Crippen LogP contribution < -0.4 is 0 Å². The monoisotopic (exact) mass is 208 g/mol. The number of carbonyl (C=O) groups is 1. The number of hydrogen-bond acceptors (Lipinski definition) is 2. The molecule has 0 aliphatic carbocycles. The number of aliphatic carboxylic acids is 1. The Balaban J connectivity index is 2.79. The van der Waals surface area contributed by atoms with E-state index >= 15 is 0 Å². The van der Waals surface area contributed by atoms with Gasteiger partial charge in [-0.05, 0) is 31.4 Å². The molecule has 3 heteroatoms. The molecular formula is C12H16O3. The molecular weight excluding hydrogens is 192 g/mol. The molecule has 2 N–H and O–H groups in total. The molecule has 0 saturated carbocycles. The third kappa shape index (κ3) is 3.72. The van der Waals surface area contributed by atoms with E-state index in [4.69, 9.17) is 5.11 Å². The van der Waals surface area contributed by atoms with Gasteiger partial charge in [0.1, 0.15) is 0 Å². The predicted molar refractivity (Wildman–Crippen MR) is 57.6 cm³/mol. The summed E-state index contributed by atoms with van der Waals surface area (Å²) in [7, 11) is 0. The number of aliphatic hydroxyl groups is 1. The fourth-order valence-corrected chi connectivity index (χ4v) is 1.36. The van der Waals surface area contributed by atoms with Gasteiger partial charge in [-0.2, -0.15) is 0 Å². The van der Waals surface area contributed by atoms with Crippen molar-refractivity contribution >= 4 is 5.97 Å². The van der Waals surface area contributed by atoms with E-state index in [1.165, 1.54) is 0 Å². The minimum atomic E-state index is -0.876. The van der Waals surface area contributed by atoms with E-state index in [0.29, 0.717) is 6.42 Å². The van der Waals surface area contributed by atoms with Crippen LogP contribution in [0, 0.1) is 0 Å². The SMILES string of the molecule is CC(C)(O)c1cccc(CCC(=O)O)c1. The second-order valence-electron chi connectivity index (χ2n) is 4.15. The Morgan fingerprint density at radius 3 is 2.60 bits per heavy atom. The summed E-state index contributed by atoms with van der Waals surface area (Å²) >= 11 is 0. The van der Waals surface area contributed by atoms with Crippen molar-refractivity contribution in [1.29, 1.82) is 0 Å². The van der Waals surface area contributed by atoms with Gasteiger partial charge < -0.3 is 10.2 Å². The fraction of sp³-hybridized carbons (Fsp3) is 0.417. The number of carboxylic acids is 1. The van der Waals surface area contributed by atoms with E-state index in [2.05, 4.69) is 0 Å². The van der Waals surface area contributed by atoms with Crippen LogP contribution in [-0.2, 0) is 16.8 Å². The Labute approximate surface area is 89.4 Å². The highest BCUT2D eigenvalue weighted by Gasteiger charge is 2.15. The lowest BCUT2D eigenvalue weighted by molar-refractivity contribution is -0.136. The van der Waals surface area contributed by atoms with Crippen molar-refractivity contribution in [1.82, 2.24) is 0 Å². The molecule has 0 spiro atoms. The van der Waals surface area contributed by atoms with Gasteiger partial charge in [-0.1, -0.05) is 24.3 Å². The quantitative estimate of drug-likeness (QED) is 0.794. The van der Waals surface area contributed by atoms with Gasteiger partial charge in [0.15, 0.2) is 0 Å². The van der Waals surface area contributed by atoms with Crippen LogP contribution in [0.4, 0.5) is 0 Å². The second kappa shape index (κ2) is 4.45. The lowest BCUT2D eigenvalue weighted by Crippen LogP contribution is -2.15. The Kier molecular flexibility index (Phi) is 3.48. The van der Waals surface area contributed by atoms with Gasteiger partial charge in [-0.3, -0.25) is 4.79 Å². The zero-order chi connectivity index (χ0) is 11.5. The van der Waals surface area contributed by atoms with Gasteiger partial charge in [-0.15, -0.1) is 0 Å². The van der Waals surface area contributed by atoms with Crippen molar-refractivity contribution in [3.63, 3.8) is 0 Å². The van der Waals surface area contributed by atoms with E-state index in [-0.39, 0.29) is 6.42 Å². The lowest BCUT2D eigenvalue weighted by Gasteiger charge is -2.18. The topological polar surface area (TPSA) is 57.5 Å². The van der Waals surface area contributed by atoms with Gasteiger partial charge >= 0.3 is 5.97 Å². The van der Waals surface area contributed by atoms with Gasteiger partial charge in [0, 0.05) is 6.42 Å². The third-order valence-corrected chi connectivity index (χ3v) is 2.26. The normalized spacial score (nSPS) is 11.4. The molecule has 0 aromatic heterocycles. The van der Waals surface area contributed by atoms with Gasteiger partial charge in [0.05, 0.1) is 5.60 Å². The first-order chi connectivity index (χ1) is 6.89. The summed E-state index contributed by atoms with van der Waals surface area (Å²) in [6.07, 6.45) is 0.620. The first kappa shape index (κ1) is 11.7. The number of rotatable bonds is 4. The van der Waals surface area contributed by atoms with Crippen LogP contribution in [-0.4, -0.2) is 16.2 Å². The molecule has 0 aliphatic rings. The minimum Gasteiger partial charge on any atom is -0.481 e. The molecule has 1 aromatic rings. The number of hydrogen-bond donors (Lipinski definition) is 2. The Hall–Kier alpha value is -1.35. The Bertz CT molecular complexity index is 350. The molecule has 0 radical (unpaired) electrons. The molecule has 82 valence electrons. The minimum absolute atomic E-state index is 0.120. The molecule has 0 aliphatic heterocycles. The van der Waals surface area contributed by atoms with Crippen LogP contribution >= 0.6 is 0 Å². The second-order valence-corrected chi connectivity index (χ2v) is 4.15. The number of aryl methyl sites for hydroxylation is 1. The molecule has 0 amide bonds. The highest BCUT2D eigenvalue weighted by molar-refractivity contribution is 5.67. The molecule has 0 bridgehead atoms. The Morgan fingerprint density at radius 1 is 1.40 bits per heavy atom. The standard InChI is InChI=1S/C12H16O3/c1-12(2,15)10-5-3-4-9(8-10)6-7-11(13)14/h3-5,8,15H,6-7H2,1-2H3,(H,13,14). The van der Waals surface area contributed by atoms with E-state index in [0.717, 1.165) is 11.1 Å². The summed E-state index contributed by atoms with van der Waals surface area (Å²) < 4.78 is 0. The molecule has 0 atom stereocenters. The molecule has 0 fully saturated rings. The third-order valence-electron chi connectivity index (χ3n) is 2.26. The van der Waals surface area contributed by atoms with E-state index in [1.807, 2.05) is 24.3 Å². The van der Waals surface area contributed by atoms with Crippen LogP contribution in [0.1, 0.15) is 31.4 Å². The summed E-state index contributed by atoms with van der Waals surface area (Å²) in [6.45, 7) is 3.42. The highest BCUT2D eigenvalue weighted by atomic mass is 16.4. The van der Waals surface area contributed by atoms with Crippen LogP contribution in [0.2, 0.25) is 0 Å². The zero-order valence-corrected chi connectivity index (χ0v) is 9.03. The highest BCUT2D eigenvalue weighted by Crippen LogP contribution is 2.20. The van der Waals surface area contributed by atoms with E-state index in [9.17, 15) is 9.90 Å². The zero-order valence-electron chi connectivity index (χ0n) is 9.03. The summed E-state index contributed by atoms with van der Waals surface area (Å²) in [4.78, 5) is 10.4. The summed E-state index contributed by atoms with van der Waals surface area (Å²) in [5.74, 6) is -0.802. The smallest absolute Gasteiger partial charge is 0.303 e. The maximum atomic E-state index is 10.4. The van der Waals surface area contributed by atoms with Crippen molar-refractivity contribution in [3.05, 3.63) is 35.4 Å². The average Bonchev–Trinajstić information content (AvgIpc) is 2.14. The van der Waals surface area contributed by atoms with Crippen molar-refractivity contribution in [3.8, 4) is 0 Å². The molecule has 1 rings (SSSR count). The largest absolute Gasteiger partial charge is 0.481 e. The number of carboxylic acid groups (broad SMARTS) is 1. The first-order valence-corrected chi connectivity index (χ1v) is 4.93. The Morgan fingerprint density at radius 2 is 2.07 bits per heavy atom. The molecule has 15 heavy (non-hydrogen) atoms. The predicted octanol–water partition coefficient (Wildman–Crippen LogP) is 1.93. The summed E-state index contributed by atoms with van der Waals surface area (Å²) in [6, 6.07) is 7.40. The van der Waals surface area contributed by atoms with Crippen molar-refractivity contribution < 1.29 is 15.0 Å². The van der Waals surface area contributed by atoms with Crippen LogP contribution in [0.25, 0.3) is 0 Å². The molecule has 0 saturated heterocycles. The van der Waals surface area contributed by atoms with E-state index in [1.54, 1.807) is 13.8 Å². The van der Waals surface area contributed by atoms with Gasteiger partial charge in [0.25, 0.3) is 0 Å². The maximum Gasteiger partial charge on any atom is 0.303 e. The van der Waals surface area contributed by atoms with Crippen molar-refractivity contribution in [2.24, 2.45) is 0 Å². The molecule has 1 aromatic carbocycles. The van der Waals surface area contributed by atoms with Crippen LogP contribution in [0.5, 0.6) is 0 Å². The van der Waals surface area contributed by atoms with Crippen molar-refractivity contribution in [2.75, 3.05) is 0 Å². The number of benzene rings is 1. The van der Waals surface area contributed by atoms with Gasteiger partial charge in [-0.25, -0.2) is 0 Å². The summed E-state index contributed by atoms with van der Waals surface area (Å²) in [5, 5.41) is 18.3. The van der Waals surface area contributed by atoms with E-state index < -0.39 is 11.6 Å². The van der Waals surface area contributed by atoms with Crippen molar-refractivity contribution in [2.45, 2.75) is 32.3 Å². The van der Waals surface area contributed by atoms with Crippen LogP contribution in [0.3, 0.4) is 0 Å². The van der Waals surface area contributed by atoms with Gasteiger partial charge in [0.2, 0.25) is 0 Å². The summed E-state index contributed by atoms with van der Waals surface area (Å²) in [5.41, 5.74) is 0.876. The average molecular weight is 208 g/mol. The first-order valence-electron chi connectivity index (χ1n) is 4.93. The molecule has 0 unspecified atom stereocenters. The lowest BCUT2D eigenvalue weighted by atomic mass is 9.95. The molecule has 0 heterocycles. The van der Waals surface area contributed by atoms with Crippen LogP contribution in [0.15, 0.2) is 24.3 Å². The molecule has 3 nitrogen and oxygen atoms in total. The fourth-order valence-electron chi connectivity index (χ4n) is 1.36. The maximum absolute atomic E-state index is 10.4.